The van der Waals surface area contributed by atoms with E-state index in [9.17, 15) is 9.59 Å². The zero-order valence-electron chi connectivity index (χ0n) is 15.4. The fourth-order valence-electron chi connectivity index (χ4n) is 2.92. The second-order valence-corrected chi connectivity index (χ2v) is 5.79. The maximum Gasteiger partial charge on any atom is 0.190 e. The fraction of sp³-hybridized carbons (Fsp3) is 0.350. The van der Waals surface area contributed by atoms with Gasteiger partial charge in [-0.25, -0.2) is 0 Å². The first-order chi connectivity index (χ1) is 12.5. The van der Waals surface area contributed by atoms with Crippen molar-refractivity contribution < 1.29 is 23.8 Å². The molecule has 1 aromatic rings. The molecule has 1 aromatic carbocycles. The number of benzene rings is 1. The molecular weight excluding hydrogens is 334 g/mol. The van der Waals surface area contributed by atoms with E-state index in [1.165, 1.54) is 32.6 Å². The van der Waals surface area contributed by atoms with Crippen LogP contribution in [0.15, 0.2) is 29.9 Å². The van der Waals surface area contributed by atoms with Gasteiger partial charge in [0.2, 0.25) is 0 Å². The molecule has 1 unspecified atom stereocenters. The summed E-state index contributed by atoms with van der Waals surface area (Å²) in [5, 5.41) is 7.31. The number of methoxy groups -OCH3 is 2. The van der Waals surface area contributed by atoms with Crippen LogP contribution in [0.2, 0.25) is 0 Å². The van der Waals surface area contributed by atoms with Gasteiger partial charge in [-0.15, -0.1) is 0 Å². The average molecular weight is 357 g/mol. The summed E-state index contributed by atoms with van der Waals surface area (Å²) in [7, 11) is 2.92. The van der Waals surface area contributed by atoms with E-state index < -0.39 is 6.10 Å². The molecule has 1 aliphatic carbocycles. The van der Waals surface area contributed by atoms with E-state index in [-0.39, 0.29) is 22.7 Å². The number of ether oxygens (including phenoxy) is 3. The molecule has 0 aliphatic heterocycles. The topological polar surface area (TPSA) is 85.7 Å². The summed E-state index contributed by atoms with van der Waals surface area (Å²) in [5.41, 5.74) is 1.84. The molecule has 0 spiro atoms. The second kappa shape index (κ2) is 8.58. The van der Waals surface area contributed by atoms with Gasteiger partial charge in [-0.05, 0) is 44.1 Å². The van der Waals surface area contributed by atoms with Crippen LogP contribution in [-0.2, 0) is 4.74 Å². The molecule has 0 aromatic heterocycles. The summed E-state index contributed by atoms with van der Waals surface area (Å²) in [6, 6.07) is 1.69. The van der Waals surface area contributed by atoms with Gasteiger partial charge in [0.1, 0.15) is 11.5 Å². The minimum Gasteiger partial charge on any atom is -0.496 e. The van der Waals surface area contributed by atoms with Crippen LogP contribution in [0.5, 0.6) is 11.5 Å². The predicted octanol–water partition coefficient (Wildman–Crippen LogP) is 3.70. The molecule has 1 N–H and O–H groups in total. The summed E-state index contributed by atoms with van der Waals surface area (Å²) < 4.78 is 16.7. The lowest BCUT2D eigenvalue weighted by Gasteiger charge is -2.24. The van der Waals surface area contributed by atoms with Crippen molar-refractivity contribution in [3.63, 3.8) is 0 Å². The number of allylic oxidation sites excluding steroid dienone is 3. The van der Waals surface area contributed by atoms with Gasteiger partial charge in [0.05, 0.1) is 31.5 Å². The Morgan fingerprint density at radius 3 is 2.35 bits per heavy atom. The minimum atomic E-state index is -0.405. The highest BCUT2D eigenvalue weighted by atomic mass is 16.5. The van der Waals surface area contributed by atoms with Crippen LogP contribution in [0.25, 0.3) is 0 Å². The van der Waals surface area contributed by atoms with Crippen molar-refractivity contribution in [3.8, 4) is 11.5 Å². The number of ketones is 2. The fourth-order valence-corrected chi connectivity index (χ4v) is 2.92. The SMILES string of the molecule is CCOC(CC=C(C)C=N)c1cc(OC)c2c(c1OC)C(=O)C=CC2=O. The quantitative estimate of drug-likeness (QED) is 0.717. The van der Waals surface area contributed by atoms with Gasteiger partial charge >= 0.3 is 0 Å². The van der Waals surface area contributed by atoms with E-state index in [0.717, 1.165) is 5.57 Å². The van der Waals surface area contributed by atoms with Crippen molar-refractivity contribution in [1.82, 2.24) is 0 Å². The zero-order valence-corrected chi connectivity index (χ0v) is 15.4. The number of hydrogen-bond donors (Lipinski definition) is 1. The molecular formula is C20H23NO5. The summed E-state index contributed by atoms with van der Waals surface area (Å²) in [6.45, 7) is 4.16. The number of carbonyl (C=O) groups is 2. The molecule has 0 saturated carbocycles. The molecule has 2 rings (SSSR count). The Morgan fingerprint density at radius 2 is 1.81 bits per heavy atom. The lowest BCUT2D eigenvalue weighted by atomic mass is 9.88. The highest BCUT2D eigenvalue weighted by Crippen LogP contribution is 2.41. The van der Waals surface area contributed by atoms with Gasteiger partial charge < -0.3 is 19.6 Å². The Morgan fingerprint density at radius 1 is 1.15 bits per heavy atom. The Kier molecular flexibility index (Phi) is 6.46. The van der Waals surface area contributed by atoms with E-state index in [4.69, 9.17) is 19.6 Å². The molecule has 0 heterocycles. The third kappa shape index (κ3) is 3.75. The van der Waals surface area contributed by atoms with Crippen molar-refractivity contribution in [2.45, 2.75) is 26.4 Å². The Hall–Kier alpha value is -2.73. The largest absolute Gasteiger partial charge is 0.496 e. The van der Waals surface area contributed by atoms with Crippen LogP contribution < -0.4 is 9.47 Å². The third-order valence-corrected chi connectivity index (χ3v) is 4.17. The van der Waals surface area contributed by atoms with Crippen LogP contribution in [-0.4, -0.2) is 38.6 Å². The van der Waals surface area contributed by atoms with E-state index in [2.05, 4.69) is 0 Å². The molecule has 0 amide bonds. The van der Waals surface area contributed by atoms with Crippen molar-refractivity contribution in [2.24, 2.45) is 0 Å². The molecule has 0 radical (unpaired) electrons. The van der Waals surface area contributed by atoms with Crippen LogP contribution in [0.3, 0.4) is 0 Å². The van der Waals surface area contributed by atoms with Gasteiger partial charge in [0, 0.05) is 18.4 Å². The van der Waals surface area contributed by atoms with Crippen molar-refractivity contribution in [2.75, 3.05) is 20.8 Å². The van der Waals surface area contributed by atoms with Crippen LogP contribution in [0, 0.1) is 5.41 Å². The van der Waals surface area contributed by atoms with Gasteiger partial charge in [-0.2, -0.15) is 0 Å². The third-order valence-electron chi connectivity index (χ3n) is 4.17. The Bertz CT molecular complexity index is 792. The molecule has 138 valence electrons. The average Bonchev–Trinajstić information content (AvgIpc) is 2.66. The van der Waals surface area contributed by atoms with Crippen molar-refractivity contribution in [1.29, 1.82) is 5.41 Å². The molecule has 0 saturated heterocycles. The number of carbonyl (C=O) groups excluding carboxylic acids is 2. The summed E-state index contributed by atoms with van der Waals surface area (Å²) >= 11 is 0. The van der Waals surface area contributed by atoms with Crippen molar-refractivity contribution in [3.05, 3.63) is 46.6 Å². The highest BCUT2D eigenvalue weighted by molar-refractivity contribution is 6.24. The molecule has 0 fully saturated rings. The van der Waals surface area contributed by atoms with E-state index in [1.807, 2.05) is 19.9 Å². The molecule has 1 atom stereocenters. The van der Waals surface area contributed by atoms with E-state index in [1.54, 1.807) is 6.07 Å². The van der Waals surface area contributed by atoms with E-state index in [0.29, 0.717) is 30.1 Å². The van der Waals surface area contributed by atoms with Gasteiger partial charge in [-0.3, -0.25) is 9.59 Å². The Balaban J connectivity index is 2.67. The molecule has 26 heavy (non-hydrogen) atoms. The van der Waals surface area contributed by atoms with Gasteiger partial charge in [0.25, 0.3) is 0 Å². The first kappa shape index (κ1) is 19.6. The number of hydrogen-bond acceptors (Lipinski definition) is 6. The highest BCUT2D eigenvalue weighted by Gasteiger charge is 2.31. The molecule has 0 bridgehead atoms. The molecule has 1 aliphatic rings. The lowest BCUT2D eigenvalue weighted by molar-refractivity contribution is 0.0624. The predicted molar refractivity (Wildman–Crippen MR) is 98.9 cm³/mol. The smallest absolute Gasteiger partial charge is 0.190 e. The number of rotatable bonds is 8. The number of nitrogens with one attached hydrogen (secondary N) is 1. The minimum absolute atomic E-state index is 0.201. The van der Waals surface area contributed by atoms with Gasteiger partial charge in [-0.1, -0.05) is 6.08 Å². The zero-order chi connectivity index (χ0) is 19.3. The first-order valence-electron chi connectivity index (χ1n) is 8.32. The summed E-state index contributed by atoms with van der Waals surface area (Å²) in [5.74, 6) is 0.0330. The Labute approximate surface area is 153 Å². The normalized spacial score (nSPS) is 14.8. The second-order valence-electron chi connectivity index (χ2n) is 5.79. The maximum atomic E-state index is 12.5. The maximum absolute atomic E-state index is 12.5. The lowest BCUT2D eigenvalue weighted by Crippen LogP contribution is -2.17. The molecule has 6 heteroatoms. The molecule has 6 nitrogen and oxygen atoms in total. The van der Waals surface area contributed by atoms with E-state index >= 15 is 0 Å². The number of fused-ring (bicyclic) bond motifs is 1. The van der Waals surface area contributed by atoms with Crippen molar-refractivity contribution >= 4 is 17.8 Å². The first-order valence-corrected chi connectivity index (χ1v) is 8.32. The van der Waals surface area contributed by atoms with Crippen LogP contribution >= 0.6 is 0 Å². The summed E-state index contributed by atoms with van der Waals surface area (Å²) in [4.78, 5) is 24.8. The van der Waals surface area contributed by atoms with Gasteiger partial charge in [0.15, 0.2) is 11.6 Å². The summed E-state index contributed by atoms with van der Waals surface area (Å²) in [6.07, 6.45) is 5.71. The van der Waals surface area contributed by atoms with Crippen LogP contribution in [0.1, 0.15) is 52.7 Å². The monoisotopic (exact) mass is 357 g/mol. The van der Waals surface area contributed by atoms with Crippen LogP contribution in [0.4, 0.5) is 0 Å². The standard InChI is InChI=1S/C20H23NO5/c1-5-26-16(9-6-12(2)11-21)13-10-17(24-3)18-14(22)7-8-15(23)19(18)20(13)25-4/h6-8,10-11,16,21H,5,9H2,1-4H3.